The van der Waals surface area contributed by atoms with Gasteiger partial charge in [0, 0.05) is 20.4 Å². The number of carbonyl (C=O) groups is 2. The van der Waals surface area contributed by atoms with Crippen LogP contribution in [0.4, 0.5) is 17.6 Å². The number of esters is 1. The van der Waals surface area contributed by atoms with Gasteiger partial charge in [0.05, 0.1) is 18.7 Å². The van der Waals surface area contributed by atoms with Crippen molar-refractivity contribution >= 4 is 11.8 Å². The summed E-state index contributed by atoms with van der Waals surface area (Å²) in [5.41, 5.74) is -1.90. The average molecular weight is 379 g/mol. The quantitative estimate of drug-likeness (QED) is 0.0815. The predicted octanol–water partition coefficient (Wildman–Crippen LogP) is 2.08. The number of nitrogens with one attached hydrogen (secondary N) is 1. The Morgan fingerprint density at radius 2 is 1.73 bits per heavy atom. The van der Waals surface area contributed by atoms with Crippen LogP contribution in [0.5, 0.6) is 0 Å². The molecule has 0 aliphatic heterocycles. The monoisotopic (exact) mass is 379 g/mol. The highest BCUT2D eigenvalue weighted by Gasteiger charge is 2.28. The van der Waals surface area contributed by atoms with E-state index in [4.69, 9.17) is 9.47 Å². The molecule has 0 atom stereocenters. The molecule has 0 heterocycles. The maximum absolute atomic E-state index is 13.8. The van der Waals surface area contributed by atoms with E-state index in [0.29, 0.717) is 0 Å². The van der Waals surface area contributed by atoms with Crippen LogP contribution in [0.15, 0.2) is 17.8 Å². The van der Waals surface area contributed by atoms with Gasteiger partial charge in [0.25, 0.3) is 0 Å². The third kappa shape index (κ3) is 5.02. The first-order valence-electron chi connectivity index (χ1n) is 7.32. The fourth-order valence-electron chi connectivity index (χ4n) is 1.83. The average Bonchev–Trinajstić information content (AvgIpc) is 2.62. The number of ether oxygens (including phenoxy) is 3. The zero-order chi connectivity index (χ0) is 19.9. The van der Waals surface area contributed by atoms with Gasteiger partial charge in [-0.05, 0) is 13.0 Å². The summed E-state index contributed by atoms with van der Waals surface area (Å²) in [6.07, 6.45) is 0.131. The normalized spacial score (nSPS) is 11.6. The van der Waals surface area contributed by atoms with Gasteiger partial charge in [0.2, 0.25) is 5.78 Å². The van der Waals surface area contributed by atoms with Crippen LogP contribution >= 0.6 is 0 Å². The largest absolute Gasteiger partial charge is 0.462 e. The summed E-state index contributed by atoms with van der Waals surface area (Å²) in [7, 11) is 2.69. The second kappa shape index (κ2) is 9.88. The minimum Gasteiger partial charge on any atom is -0.462 e. The lowest BCUT2D eigenvalue weighted by molar-refractivity contribution is -0.138. The molecule has 0 spiro atoms. The first kappa shape index (κ1) is 21.6. The molecule has 1 aromatic rings. The molecule has 0 radical (unpaired) electrons. The number of rotatable bonds is 9. The lowest BCUT2D eigenvalue weighted by Gasteiger charge is -2.14. The molecule has 0 aromatic heterocycles. The summed E-state index contributed by atoms with van der Waals surface area (Å²) >= 11 is 0. The number of hydrogen-bond acceptors (Lipinski definition) is 6. The van der Waals surface area contributed by atoms with E-state index in [2.05, 4.69) is 10.1 Å². The lowest BCUT2D eigenvalue weighted by atomic mass is 10.0. The van der Waals surface area contributed by atoms with E-state index in [0.717, 1.165) is 6.20 Å². The molecule has 0 bridgehead atoms. The first-order chi connectivity index (χ1) is 12.3. The van der Waals surface area contributed by atoms with Crippen molar-refractivity contribution in [1.82, 2.24) is 5.32 Å². The van der Waals surface area contributed by atoms with E-state index in [-0.39, 0.29) is 19.2 Å². The highest BCUT2D eigenvalue weighted by molar-refractivity contribution is 6.24. The molecule has 0 unspecified atom stereocenters. The van der Waals surface area contributed by atoms with Crippen LogP contribution in [0, 0.1) is 23.3 Å². The summed E-state index contributed by atoms with van der Waals surface area (Å²) in [5.74, 6) is -10.5. The van der Waals surface area contributed by atoms with E-state index in [9.17, 15) is 27.2 Å². The maximum atomic E-state index is 13.8. The topological polar surface area (TPSA) is 73.9 Å². The molecule has 0 aliphatic carbocycles. The van der Waals surface area contributed by atoms with Crippen molar-refractivity contribution in [3.05, 3.63) is 46.7 Å². The van der Waals surface area contributed by atoms with E-state index in [1.807, 2.05) is 0 Å². The van der Waals surface area contributed by atoms with Crippen molar-refractivity contribution in [3.8, 4) is 0 Å². The molecular weight excluding hydrogens is 362 g/mol. The van der Waals surface area contributed by atoms with E-state index in [1.165, 1.54) is 21.1 Å². The third-order valence-electron chi connectivity index (χ3n) is 3.14. The van der Waals surface area contributed by atoms with Crippen molar-refractivity contribution in [3.63, 3.8) is 0 Å². The van der Waals surface area contributed by atoms with Crippen LogP contribution in [-0.4, -0.2) is 45.4 Å². The van der Waals surface area contributed by atoms with Gasteiger partial charge in [-0.25, -0.2) is 22.4 Å². The fraction of sp³-hybridized carbons (Fsp3) is 0.375. The summed E-state index contributed by atoms with van der Waals surface area (Å²) in [4.78, 5) is 24.3. The van der Waals surface area contributed by atoms with Gasteiger partial charge in [-0.1, -0.05) is 0 Å². The van der Waals surface area contributed by atoms with Crippen LogP contribution in [0.2, 0.25) is 0 Å². The minimum atomic E-state index is -2.16. The second-order valence-corrected chi connectivity index (χ2v) is 4.76. The second-order valence-electron chi connectivity index (χ2n) is 4.76. The number of Topliss-reactive ketones (excluding diaryl/α,β-unsaturated/α-hetero) is 1. The van der Waals surface area contributed by atoms with Gasteiger partial charge in [0.1, 0.15) is 5.57 Å². The molecule has 0 aliphatic rings. The molecule has 26 heavy (non-hydrogen) atoms. The zero-order valence-electron chi connectivity index (χ0n) is 14.2. The lowest BCUT2D eigenvalue weighted by Crippen LogP contribution is -2.28. The van der Waals surface area contributed by atoms with Gasteiger partial charge in [-0.15, -0.1) is 0 Å². The van der Waals surface area contributed by atoms with Gasteiger partial charge in [0.15, 0.2) is 29.6 Å². The summed E-state index contributed by atoms with van der Waals surface area (Å²) < 4.78 is 68.0. The van der Waals surface area contributed by atoms with Gasteiger partial charge in [-0.2, -0.15) is 0 Å². The highest BCUT2D eigenvalue weighted by atomic mass is 19.2. The smallest absolute Gasteiger partial charge is 0.343 e. The number of ketones is 1. The molecule has 1 rings (SSSR count). The Hall–Kier alpha value is -2.46. The summed E-state index contributed by atoms with van der Waals surface area (Å²) in [5, 5.41) is 2.52. The molecular formula is C16H17F4NO5. The highest BCUT2D eigenvalue weighted by Crippen LogP contribution is 2.21. The van der Waals surface area contributed by atoms with E-state index in [1.54, 1.807) is 0 Å². The number of carbonyl (C=O) groups excluding carboxylic acids is 2. The third-order valence-corrected chi connectivity index (χ3v) is 3.14. The van der Waals surface area contributed by atoms with Gasteiger partial charge >= 0.3 is 5.97 Å². The molecule has 0 fully saturated rings. The Morgan fingerprint density at radius 1 is 1.12 bits per heavy atom. The molecule has 0 saturated carbocycles. The minimum absolute atomic E-state index is 0.0161. The van der Waals surface area contributed by atoms with Crippen molar-refractivity contribution < 1.29 is 41.4 Å². The van der Waals surface area contributed by atoms with E-state index < -0.39 is 52.4 Å². The number of halogens is 4. The van der Waals surface area contributed by atoms with Crippen LogP contribution in [0.25, 0.3) is 0 Å². The first-order valence-corrected chi connectivity index (χ1v) is 7.32. The van der Waals surface area contributed by atoms with Crippen molar-refractivity contribution in [1.29, 1.82) is 0 Å². The van der Waals surface area contributed by atoms with Crippen LogP contribution in [-0.2, 0) is 19.0 Å². The molecule has 6 nitrogen and oxygen atoms in total. The van der Waals surface area contributed by atoms with Gasteiger partial charge in [-0.3, -0.25) is 4.79 Å². The van der Waals surface area contributed by atoms with Crippen LogP contribution in [0.1, 0.15) is 17.3 Å². The Kier molecular flexibility index (Phi) is 8.20. The van der Waals surface area contributed by atoms with E-state index >= 15 is 0 Å². The van der Waals surface area contributed by atoms with Crippen molar-refractivity contribution in [2.45, 2.75) is 13.2 Å². The van der Waals surface area contributed by atoms with Crippen LogP contribution < -0.4 is 5.32 Å². The Morgan fingerprint density at radius 3 is 2.27 bits per heavy atom. The number of hydrogen-bond donors (Lipinski definition) is 1. The number of methoxy groups -OCH3 is 2. The Bertz CT molecular complexity index is 704. The Balaban J connectivity index is 3.22. The standard InChI is InChI=1S/C16H17F4NO5/c1-4-26-16(23)9(6-21-7-11(24-2)25-3)15(22)8-5-10(17)13(19)14(20)12(8)18/h5-6,11,21H,4,7H2,1-3H3. The fourth-order valence-corrected chi connectivity index (χ4v) is 1.83. The molecule has 0 amide bonds. The summed E-state index contributed by atoms with van der Waals surface area (Å²) in [6, 6.07) is 0.163. The number of benzene rings is 1. The molecule has 0 saturated heterocycles. The summed E-state index contributed by atoms with van der Waals surface area (Å²) in [6.45, 7) is 1.33. The zero-order valence-corrected chi connectivity index (χ0v) is 14.2. The van der Waals surface area contributed by atoms with Crippen molar-refractivity contribution in [2.75, 3.05) is 27.4 Å². The van der Waals surface area contributed by atoms with Crippen LogP contribution in [0.3, 0.4) is 0 Å². The Labute approximate surface area is 146 Å². The molecule has 1 aromatic carbocycles. The van der Waals surface area contributed by atoms with Gasteiger partial charge < -0.3 is 19.5 Å². The maximum Gasteiger partial charge on any atom is 0.343 e. The molecule has 144 valence electrons. The predicted molar refractivity (Wildman–Crippen MR) is 81.1 cm³/mol. The van der Waals surface area contributed by atoms with Crippen molar-refractivity contribution in [2.24, 2.45) is 0 Å². The molecule has 1 N–H and O–H groups in total. The molecule has 10 heteroatoms. The SMILES string of the molecule is CCOC(=O)C(=CNCC(OC)OC)C(=O)c1cc(F)c(F)c(F)c1F.